The van der Waals surface area contributed by atoms with Crippen LogP contribution in [0.3, 0.4) is 0 Å². The SMILES string of the molecule is CC1(C)c2cc(-c3ccc(-c4ccc(-c5nc(-c6ccccc6)cc(-c6ccc(-c7ccccc7)cc6)n5)c5ccccc45)c4ccccc34)ccc2-c2ccc3ccccc3c21. The monoisotopic (exact) mass is 802 g/mol. The van der Waals surface area contributed by atoms with Crippen LogP contribution >= 0.6 is 0 Å². The van der Waals surface area contributed by atoms with Gasteiger partial charge in [0.2, 0.25) is 0 Å². The van der Waals surface area contributed by atoms with Crippen molar-refractivity contribution in [3.05, 3.63) is 230 Å². The Morgan fingerprint density at radius 1 is 0.302 bits per heavy atom. The lowest BCUT2D eigenvalue weighted by atomic mass is 9.79. The van der Waals surface area contributed by atoms with E-state index in [1.54, 1.807) is 0 Å². The van der Waals surface area contributed by atoms with Crippen molar-refractivity contribution in [1.82, 2.24) is 9.97 Å². The average molecular weight is 803 g/mol. The Balaban J connectivity index is 0.969. The van der Waals surface area contributed by atoms with Gasteiger partial charge in [-0.15, -0.1) is 0 Å². The zero-order chi connectivity index (χ0) is 42.1. The Morgan fingerprint density at radius 3 is 1.38 bits per heavy atom. The molecule has 2 heteroatoms. The largest absolute Gasteiger partial charge is 0.228 e. The Kier molecular flexibility index (Phi) is 8.55. The first-order chi connectivity index (χ1) is 31.0. The molecule has 0 N–H and O–H groups in total. The lowest BCUT2D eigenvalue weighted by Crippen LogP contribution is -2.15. The molecule has 0 radical (unpaired) electrons. The molecule has 0 unspecified atom stereocenters. The molecular weight excluding hydrogens is 761 g/mol. The van der Waals surface area contributed by atoms with Gasteiger partial charge < -0.3 is 0 Å². The molecule has 0 aliphatic heterocycles. The van der Waals surface area contributed by atoms with Gasteiger partial charge in [-0.2, -0.15) is 0 Å². The summed E-state index contributed by atoms with van der Waals surface area (Å²) in [4.78, 5) is 10.6. The number of fused-ring (bicyclic) bond motifs is 7. The van der Waals surface area contributed by atoms with Crippen molar-refractivity contribution in [2.45, 2.75) is 19.3 Å². The highest BCUT2D eigenvalue weighted by molar-refractivity contribution is 6.12. The molecule has 2 nitrogen and oxygen atoms in total. The molecule has 1 heterocycles. The Labute approximate surface area is 367 Å². The maximum Gasteiger partial charge on any atom is 0.161 e. The first-order valence-corrected chi connectivity index (χ1v) is 21.8. The number of rotatable bonds is 6. The van der Waals surface area contributed by atoms with Crippen molar-refractivity contribution in [3.63, 3.8) is 0 Å². The van der Waals surface area contributed by atoms with Crippen LogP contribution in [-0.4, -0.2) is 9.97 Å². The van der Waals surface area contributed by atoms with Crippen LogP contribution in [0.25, 0.3) is 111 Å². The highest BCUT2D eigenvalue weighted by atomic mass is 14.9. The van der Waals surface area contributed by atoms with Crippen LogP contribution in [0.2, 0.25) is 0 Å². The van der Waals surface area contributed by atoms with Crippen molar-refractivity contribution < 1.29 is 0 Å². The summed E-state index contributed by atoms with van der Waals surface area (Å²) in [5.41, 5.74) is 17.5. The summed E-state index contributed by atoms with van der Waals surface area (Å²) in [7, 11) is 0. The third kappa shape index (κ3) is 6.09. The molecule has 0 spiro atoms. The van der Waals surface area contributed by atoms with Gasteiger partial charge in [-0.05, 0) is 106 Å². The first-order valence-electron chi connectivity index (χ1n) is 21.8. The van der Waals surface area contributed by atoms with Gasteiger partial charge >= 0.3 is 0 Å². The maximum atomic E-state index is 5.30. The standard InChI is InChI=1S/C61H42N2/c1-61(2)56-37-44(30-31-53(56)54-32-29-41-17-9-10-20-46(41)59(54)61)45-33-34-51(48-22-12-11-21-47(45)48)52-35-36-55(50-24-14-13-23-49(50)52)60-62-57(42-18-7-4-8-19-42)38-58(63-60)43-27-25-40(26-28-43)39-15-5-3-6-16-39/h3-38H,1-2H3. The summed E-state index contributed by atoms with van der Waals surface area (Å²) < 4.78 is 0. The number of benzene rings is 10. The minimum Gasteiger partial charge on any atom is -0.228 e. The molecule has 1 aliphatic rings. The first kappa shape index (κ1) is 36.9. The van der Waals surface area contributed by atoms with Gasteiger partial charge in [-0.1, -0.05) is 214 Å². The predicted molar refractivity (Wildman–Crippen MR) is 265 cm³/mol. The van der Waals surface area contributed by atoms with E-state index in [1.807, 2.05) is 6.07 Å². The summed E-state index contributed by atoms with van der Waals surface area (Å²) in [6.07, 6.45) is 0. The fourth-order valence-corrected chi connectivity index (χ4v) is 10.2. The quantitative estimate of drug-likeness (QED) is 0.167. The highest BCUT2D eigenvalue weighted by Gasteiger charge is 2.37. The summed E-state index contributed by atoms with van der Waals surface area (Å²) in [5.74, 6) is 0.705. The fraction of sp³-hybridized carbons (Fsp3) is 0.0492. The van der Waals surface area contributed by atoms with E-state index in [2.05, 4.69) is 226 Å². The Morgan fingerprint density at radius 2 is 0.730 bits per heavy atom. The van der Waals surface area contributed by atoms with Crippen LogP contribution in [0.4, 0.5) is 0 Å². The molecule has 63 heavy (non-hydrogen) atoms. The molecule has 12 rings (SSSR count). The molecule has 10 aromatic carbocycles. The summed E-state index contributed by atoms with van der Waals surface area (Å²) in [6, 6.07) is 79.0. The van der Waals surface area contributed by atoms with E-state index >= 15 is 0 Å². The van der Waals surface area contributed by atoms with Gasteiger partial charge in [0.25, 0.3) is 0 Å². The van der Waals surface area contributed by atoms with E-state index in [4.69, 9.17) is 9.97 Å². The second-order valence-corrected chi connectivity index (χ2v) is 17.3. The number of hydrogen-bond acceptors (Lipinski definition) is 2. The van der Waals surface area contributed by atoms with Gasteiger partial charge in [-0.3, -0.25) is 0 Å². The number of aromatic nitrogens is 2. The van der Waals surface area contributed by atoms with Crippen molar-refractivity contribution in [1.29, 1.82) is 0 Å². The fourth-order valence-electron chi connectivity index (χ4n) is 10.2. The second-order valence-electron chi connectivity index (χ2n) is 17.3. The third-order valence-corrected chi connectivity index (χ3v) is 13.3. The lowest BCUT2D eigenvalue weighted by molar-refractivity contribution is 0.666. The second kappa shape index (κ2) is 14.6. The molecule has 11 aromatic rings. The van der Waals surface area contributed by atoms with Crippen molar-refractivity contribution >= 4 is 32.3 Å². The summed E-state index contributed by atoms with van der Waals surface area (Å²) in [5, 5.41) is 7.39. The zero-order valence-corrected chi connectivity index (χ0v) is 35.2. The highest BCUT2D eigenvalue weighted by Crippen LogP contribution is 2.52. The van der Waals surface area contributed by atoms with Gasteiger partial charge in [0.05, 0.1) is 11.4 Å². The number of nitrogens with zero attached hydrogens (tertiary/aromatic N) is 2. The summed E-state index contributed by atoms with van der Waals surface area (Å²) in [6.45, 7) is 4.77. The van der Waals surface area contributed by atoms with Crippen LogP contribution in [0.5, 0.6) is 0 Å². The van der Waals surface area contributed by atoms with E-state index < -0.39 is 0 Å². The van der Waals surface area contributed by atoms with Crippen molar-refractivity contribution in [2.24, 2.45) is 0 Å². The lowest BCUT2D eigenvalue weighted by Gasteiger charge is -2.24. The third-order valence-electron chi connectivity index (χ3n) is 13.3. The van der Waals surface area contributed by atoms with Gasteiger partial charge in [0.15, 0.2) is 5.82 Å². The van der Waals surface area contributed by atoms with Crippen LogP contribution in [-0.2, 0) is 5.41 Å². The molecule has 296 valence electrons. The molecule has 0 atom stereocenters. The Hall–Kier alpha value is -7.94. The molecular formula is C61H42N2. The molecule has 1 aliphatic carbocycles. The normalized spacial score (nSPS) is 12.7. The number of hydrogen-bond donors (Lipinski definition) is 0. The molecule has 0 saturated carbocycles. The molecule has 0 amide bonds. The van der Waals surface area contributed by atoms with E-state index in [-0.39, 0.29) is 5.41 Å². The van der Waals surface area contributed by atoms with E-state index in [0.717, 1.165) is 33.5 Å². The molecule has 0 saturated heterocycles. The van der Waals surface area contributed by atoms with Crippen LogP contribution < -0.4 is 0 Å². The van der Waals surface area contributed by atoms with Crippen LogP contribution in [0.1, 0.15) is 25.0 Å². The molecule has 0 bridgehead atoms. The zero-order valence-electron chi connectivity index (χ0n) is 35.2. The van der Waals surface area contributed by atoms with Crippen molar-refractivity contribution in [2.75, 3.05) is 0 Å². The van der Waals surface area contributed by atoms with E-state index in [0.29, 0.717) is 5.82 Å². The maximum absolute atomic E-state index is 5.30. The smallest absolute Gasteiger partial charge is 0.161 e. The molecule has 1 aromatic heterocycles. The molecule has 0 fully saturated rings. The van der Waals surface area contributed by atoms with Crippen LogP contribution in [0, 0.1) is 0 Å². The topological polar surface area (TPSA) is 25.8 Å². The minimum atomic E-state index is -0.129. The van der Waals surface area contributed by atoms with Gasteiger partial charge in [0.1, 0.15) is 0 Å². The predicted octanol–water partition coefficient (Wildman–Crippen LogP) is 16.2. The van der Waals surface area contributed by atoms with Crippen molar-refractivity contribution in [3.8, 4) is 78.4 Å². The van der Waals surface area contributed by atoms with Crippen LogP contribution in [0.15, 0.2) is 218 Å². The average Bonchev–Trinajstić information content (AvgIpc) is 3.59. The van der Waals surface area contributed by atoms with Gasteiger partial charge in [-0.25, -0.2) is 9.97 Å². The van der Waals surface area contributed by atoms with E-state index in [9.17, 15) is 0 Å². The van der Waals surface area contributed by atoms with Gasteiger partial charge in [0, 0.05) is 22.1 Å². The minimum absolute atomic E-state index is 0.129. The Bertz CT molecular complexity index is 3570. The summed E-state index contributed by atoms with van der Waals surface area (Å²) >= 11 is 0. The van der Waals surface area contributed by atoms with E-state index in [1.165, 1.54) is 82.6 Å².